The Morgan fingerprint density at radius 3 is 2.55 bits per heavy atom. The molecule has 49 heavy (non-hydrogen) atoms. The van der Waals surface area contributed by atoms with E-state index in [1.54, 1.807) is 30.5 Å². The summed E-state index contributed by atoms with van der Waals surface area (Å²) in [6, 6.07) is 14.0. The number of nitrogens with zero attached hydrogens (tertiary/aromatic N) is 4. The first-order chi connectivity index (χ1) is 23.7. The second-order valence-corrected chi connectivity index (χ2v) is 11.1. The number of morpholine rings is 1. The molecule has 0 radical (unpaired) electrons. The number of aromatic nitrogens is 1. The van der Waals surface area contributed by atoms with Gasteiger partial charge in [0.15, 0.2) is 28.8 Å². The van der Waals surface area contributed by atoms with Crippen molar-refractivity contribution >= 4 is 28.3 Å². The lowest BCUT2D eigenvalue weighted by atomic mass is 10.1. The van der Waals surface area contributed by atoms with Gasteiger partial charge in [0, 0.05) is 61.4 Å². The van der Waals surface area contributed by atoms with Gasteiger partial charge in [0.1, 0.15) is 12.4 Å². The highest BCUT2D eigenvalue weighted by Crippen LogP contribution is 2.38. The Kier molecular flexibility index (Phi) is 10.2. The van der Waals surface area contributed by atoms with E-state index in [9.17, 15) is 18.0 Å². The Labute approximate surface area is 279 Å². The Morgan fingerprint density at radius 1 is 0.959 bits per heavy atom. The number of alkyl halides is 3. The van der Waals surface area contributed by atoms with Crippen LogP contribution in [0.4, 0.5) is 33.7 Å². The minimum absolute atomic E-state index is 0.0959. The smallest absolute Gasteiger partial charge is 0.493 e. The van der Waals surface area contributed by atoms with Crippen LogP contribution < -0.4 is 29.2 Å². The molecule has 1 saturated heterocycles. The molecule has 1 N–H and O–H groups in total. The molecule has 1 aromatic heterocycles. The van der Waals surface area contributed by atoms with E-state index in [0.717, 1.165) is 45.3 Å². The van der Waals surface area contributed by atoms with Crippen LogP contribution >= 0.6 is 0 Å². The van der Waals surface area contributed by atoms with E-state index in [-0.39, 0.29) is 23.8 Å². The number of hydrogen-bond donors (Lipinski definition) is 1. The van der Waals surface area contributed by atoms with Crippen molar-refractivity contribution in [2.45, 2.75) is 12.8 Å². The maximum absolute atomic E-state index is 15.3. The molecule has 2 aliphatic heterocycles. The van der Waals surface area contributed by atoms with Crippen molar-refractivity contribution in [2.75, 3.05) is 63.5 Å². The van der Waals surface area contributed by atoms with E-state index in [1.165, 1.54) is 59.6 Å². The van der Waals surface area contributed by atoms with Gasteiger partial charge in [-0.15, -0.1) is 13.2 Å². The molecule has 0 unspecified atom stereocenters. The van der Waals surface area contributed by atoms with Gasteiger partial charge in [-0.25, -0.2) is 9.18 Å². The molecule has 0 atom stereocenters. The summed E-state index contributed by atoms with van der Waals surface area (Å²) in [5.41, 5.74) is 0.814. The second-order valence-electron chi connectivity index (χ2n) is 11.1. The highest BCUT2D eigenvalue weighted by atomic mass is 19.4. The van der Waals surface area contributed by atoms with Gasteiger partial charge >= 0.3 is 12.4 Å². The maximum Gasteiger partial charge on any atom is 0.573 e. The van der Waals surface area contributed by atoms with Gasteiger partial charge in [-0.05, 0) is 42.8 Å². The molecule has 0 saturated carbocycles. The van der Waals surface area contributed by atoms with Crippen molar-refractivity contribution in [1.29, 1.82) is 0 Å². The molecule has 0 spiro atoms. The number of carbonyl (C=O) groups excluding carboxylic acids is 1. The zero-order valence-electron chi connectivity index (χ0n) is 26.4. The monoisotopic (exact) mass is 683 g/mol. The zero-order chi connectivity index (χ0) is 34.4. The van der Waals surface area contributed by atoms with E-state index >= 15 is 4.39 Å². The van der Waals surface area contributed by atoms with Gasteiger partial charge in [-0.1, -0.05) is 12.1 Å². The average Bonchev–Trinajstić information content (AvgIpc) is 3.58. The summed E-state index contributed by atoms with van der Waals surface area (Å²) in [5.74, 6) is 0.0795. The zero-order valence-corrected chi connectivity index (χ0v) is 26.4. The summed E-state index contributed by atoms with van der Waals surface area (Å²) in [4.78, 5) is 22.3. The number of urea groups is 1. The van der Waals surface area contributed by atoms with E-state index in [0.29, 0.717) is 34.8 Å². The summed E-state index contributed by atoms with van der Waals surface area (Å²) in [5, 5.41) is 3.16. The fourth-order valence-corrected chi connectivity index (χ4v) is 5.37. The number of para-hydroxylation sites is 2. The van der Waals surface area contributed by atoms with Crippen molar-refractivity contribution in [2.24, 2.45) is 0 Å². The van der Waals surface area contributed by atoms with Crippen LogP contribution in [0.1, 0.15) is 6.42 Å². The van der Waals surface area contributed by atoms with Gasteiger partial charge in [-0.2, -0.15) is 0 Å². The molecule has 6 rings (SSSR count). The highest BCUT2D eigenvalue weighted by molar-refractivity contribution is 5.91. The number of benzene rings is 3. The molecule has 3 heterocycles. The highest BCUT2D eigenvalue weighted by Gasteiger charge is 2.33. The molecular weight excluding hydrogens is 650 g/mol. The molecule has 3 aromatic carbocycles. The molecule has 4 aromatic rings. The second kappa shape index (κ2) is 14.9. The maximum atomic E-state index is 15.3. The Hall–Kier alpha value is -5.28. The average molecular weight is 684 g/mol. The number of rotatable bonds is 11. The number of hydrogen-bond acceptors (Lipinski definition) is 9. The summed E-state index contributed by atoms with van der Waals surface area (Å²) in [7, 11) is 1.53. The van der Waals surface area contributed by atoms with Gasteiger partial charge in [0.25, 0.3) is 0 Å². The standard InChI is InChI=1S/C34H33F4N5O6/c1-45-31-20-24-26(21-32(31)47-16-4-11-41-14-17-46-18-15-41)39-10-9-28(24)48-29-8-7-23(19-25(29)35)40-33(44)43-13-12-42(22-43)27-5-2-3-6-30(27)49-34(36,37)38/h2-3,5-10,12-13,19-21H,4,11,14-18,22H2,1H3,(H,40,44). The van der Waals surface area contributed by atoms with E-state index in [1.807, 2.05) is 0 Å². The van der Waals surface area contributed by atoms with Crippen LogP contribution in [-0.2, 0) is 4.74 Å². The lowest BCUT2D eigenvalue weighted by molar-refractivity contribution is -0.274. The fraction of sp³-hybridized carbons (Fsp3) is 0.294. The fourth-order valence-electron chi connectivity index (χ4n) is 5.37. The molecule has 11 nitrogen and oxygen atoms in total. The van der Waals surface area contributed by atoms with E-state index in [2.05, 4.69) is 19.9 Å². The van der Waals surface area contributed by atoms with Crippen LogP contribution in [-0.4, -0.2) is 80.4 Å². The molecule has 2 aliphatic rings. The van der Waals surface area contributed by atoms with Gasteiger partial charge in [0.2, 0.25) is 0 Å². The topological polar surface area (TPSA) is 97.9 Å². The van der Waals surface area contributed by atoms with E-state index < -0.39 is 24.0 Å². The van der Waals surface area contributed by atoms with Crippen LogP contribution in [0.25, 0.3) is 10.9 Å². The van der Waals surface area contributed by atoms with Gasteiger partial charge in [0.05, 0.1) is 38.1 Å². The van der Waals surface area contributed by atoms with Gasteiger partial charge in [-0.3, -0.25) is 14.8 Å². The van der Waals surface area contributed by atoms with Crippen molar-refractivity contribution < 1.29 is 46.0 Å². The van der Waals surface area contributed by atoms with Crippen molar-refractivity contribution in [3.63, 3.8) is 0 Å². The van der Waals surface area contributed by atoms with Crippen molar-refractivity contribution in [3.05, 3.63) is 85.1 Å². The minimum atomic E-state index is -4.88. The van der Waals surface area contributed by atoms with Crippen LogP contribution in [0.5, 0.6) is 28.7 Å². The predicted molar refractivity (Wildman–Crippen MR) is 173 cm³/mol. The van der Waals surface area contributed by atoms with Gasteiger partial charge < -0.3 is 33.9 Å². The predicted octanol–water partition coefficient (Wildman–Crippen LogP) is 6.96. The SMILES string of the molecule is COc1cc2c(Oc3ccc(NC(=O)N4C=CN(c5ccccc5OC(F)(F)F)C4)cc3F)ccnc2cc1OCCCN1CCOCC1. The molecule has 1 fully saturated rings. The number of anilines is 2. The van der Waals surface area contributed by atoms with Crippen LogP contribution in [0.2, 0.25) is 0 Å². The van der Waals surface area contributed by atoms with Crippen molar-refractivity contribution in [1.82, 2.24) is 14.8 Å². The number of halogens is 4. The molecule has 258 valence electrons. The summed E-state index contributed by atoms with van der Waals surface area (Å²) >= 11 is 0. The quantitative estimate of drug-likeness (QED) is 0.133. The Morgan fingerprint density at radius 2 is 1.78 bits per heavy atom. The third-order valence-corrected chi connectivity index (χ3v) is 7.76. The Balaban J connectivity index is 1.08. The number of methoxy groups -OCH3 is 1. The van der Waals surface area contributed by atoms with Crippen LogP contribution in [0.3, 0.4) is 0 Å². The van der Waals surface area contributed by atoms with Crippen LogP contribution in [0.15, 0.2) is 79.3 Å². The lowest BCUT2D eigenvalue weighted by Crippen LogP contribution is -2.37. The van der Waals surface area contributed by atoms with E-state index in [4.69, 9.17) is 18.9 Å². The molecule has 15 heteroatoms. The lowest BCUT2D eigenvalue weighted by Gasteiger charge is -2.26. The number of pyridine rings is 1. The summed E-state index contributed by atoms with van der Waals surface area (Å²) < 4.78 is 80.9. The Bertz CT molecular complexity index is 1820. The number of amides is 2. The number of nitrogens with one attached hydrogen (secondary N) is 1. The molecular formula is C34H33F4N5O6. The summed E-state index contributed by atoms with van der Waals surface area (Å²) in [6.45, 7) is 4.58. The first-order valence-corrected chi connectivity index (χ1v) is 15.4. The number of ether oxygens (including phenoxy) is 5. The minimum Gasteiger partial charge on any atom is -0.493 e. The first kappa shape index (κ1) is 33.6. The normalized spacial score (nSPS) is 15.0. The molecule has 2 amide bonds. The molecule has 0 bridgehead atoms. The third kappa shape index (κ3) is 8.42. The largest absolute Gasteiger partial charge is 0.573 e. The van der Waals surface area contributed by atoms with Crippen LogP contribution in [0, 0.1) is 5.82 Å². The summed E-state index contributed by atoms with van der Waals surface area (Å²) in [6.07, 6.45) is 0.314. The molecule has 0 aliphatic carbocycles. The number of carbonyl (C=O) groups is 1. The third-order valence-electron chi connectivity index (χ3n) is 7.76. The van der Waals surface area contributed by atoms with Crippen molar-refractivity contribution in [3.8, 4) is 28.7 Å². The number of fused-ring (bicyclic) bond motifs is 1. The first-order valence-electron chi connectivity index (χ1n) is 15.4.